The summed E-state index contributed by atoms with van der Waals surface area (Å²) in [5.41, 5.74) is 4.84. The number of hydrazone groups is 1. The number of carbonyl (C=O) groups excluding carboxylic acids is 2. The van der Waals surface area contributed by atoms with Crippen molar-refractivity contribution in [3.63, 3.8) is 0 Å². The summed E-state index contributed by atoms with van der Waals surface area (Å²) in [5.74, 6) is 0.763. The van der Waals surface area contributed by atoms with Crippen LogP contribution in [-0.4, -0.2) is 86.4 Å². The second-order valence-corrected chi connectivity index (χ2v) is 10.5. The van der Waals surface area contributed by atoms with E-state index in [1.165, 1.54) is 6.07 Å². The zero-order valence-electron chi connectivity index (χ0n) is 21.9. The Morgan fingerprint density at radius 2 is 1.95 bits per heavy atom. The second-order valence-electron chi connectivity index (χ2n) is 10.5. The highest BCUT2D eigenvalue weighted by molar-refractivity contribution is 6.10. The minimum Gasteiger partial charge on any atom is -0.483 e. The largest absolute Gasteiger partial charge is 0.483 e. The Kier molecular flexibility index (Phi) is 6.31. The lowest BCUT2D eigenvalue weighted by Crippen LogP contribution is -2.69. The van der Waals surface area contributed by atoms with Crippen LogP contribution in [0.4, 0.5) is 15.8 Å². The van der Waals surface area contributed by atoms with Crippen LogP contribution in [0.25, 0.3) is 11.1 Å². The van der Waals surface area contributed by atoms with Crippen molar-refractivity contribution in [3.8, 4) is 16.9 Å². The molecule has 3 heterocycles. The SMILES string of the molecule is C[C@@H]1C(=O)NN=C2COc3cc(-c4ccccc4F)c(N(C)C4(C)CN(C(=O)CCN(C)C)C4)cc3N21. The second kappa shape index (κ2) is 9.33. The van der Waals surface area contributed by atoms with E-state index >= 15 is 4.39 Å². The van der Waals surface area contributed by atoms with Gasteiger partial charge in [0, 0.05) is 49.9 Å². The fourth-order valence-electron chi connectivity index (χ4n) is 5.17. The molecular weight excluding hydrogens is 475 g/mol. The molecule has 196 valence electrons. The number of likely N-dealkylation sites (tertiary alicyclic amines) is 1. The first-order valence-electron chi connectivity index (χ1n) is 12.5. The van der Waals surface area contributed by atoms with Gasteiger partial charge in [0.05, 0.1) is 11.2 Å². The number of fused-ring (bicyclic) bond motifs is 3. The molecule has 1 saturated heterocycles. The van der Waals surface area contributed by atoms with Crippen LogP contribution in [0.5, 0.6) is 5.75 Å². The molecule has 9 nitrogen and oxygen atoms in total. The Hall–Kier alpha value is -3.66. The molecule has 5 rings (SSSR count). The molecule has 2 aromatic rings. The van der Waals surface area contributed by atoms with Gasteiger partial charge in [0.2, 0.25) is 5.91 Å². The van der Waals surface area contributed by atoms with Crippen LogP contribution in [0.15, 0.2) is 41.5 Å². The van der Waals surface area contributed by atoms with Gasteiger partial charge in [-0.2, -0.15) is 5.10 Å². The van der Waals surface area contributed by atoms with Gasteiger partial charge in [-0.05, 0) is 46.1 Å². The van der Waals surface area contributed by atoms with Gasteiger partial charge >= 0.3 is 0 Å². The van der Waals surface area contributed by atoms with Gasteiger partial charge in [0.15, 0.2) is 5.84 Å². The maximum absolute atomic E-state index is 15.0. The summed E-state index contributed by atoms with van der Waals surface area (Å²) in [6.07, 6.45) is 0.473. The average molecular weight is 509 g/mol. The molecule has 1 N–H and O–H groups in total. The summed E-state index contributed by atoms with van der Waals surface area (Å²) < 4.78 is 21.1. The number of nitrogens with one attached hydrogen (secondary N) is 1. The van der Waals surface area contributed by atoms with Crippen molar-refractivity contribution < 1.29 is 18.7 Å². The predicted molar refractivity (Wildman–Crippen MR) is 141 cm³/mol. The monoisotopic (exact) mass is 508 g/mol. The Balaban J connectivity index is 1.53. The quantitative estimate of drug-likeness (QED) is 0.646. The highest BCUT2D eigenvalue weighted by Crippen LogP contribution is 2.46. The van der Waals surface area contributed by atoms with Crippen molar-refractivity contribution in [2.75, 3.05) is 57.2 Å². The number of halogens is 1. The zero-order chi connectivity index (χ0) is 26.5. The first kappa shape index (κ1) is 25.0. The summed E-state index contributed by atoms with van der Waals surface area (Å²) in [5, 5.41) is 4.18. The zero-order valence-corrected chi connectivity index (χ0v) is 21.9. The summed E-state index contributed by atoms with van der Waals surface area (Å²) in [4.78, 5) is 33.0. The first-order chi connectivity index (χ1) is 17.6. The molecule has 1 fully saturated rings. The van der Waals surface area contributed by atoms with E-state index in [0.717, 1.165) is 5.69 Å². The molecule has 2 amide bonds. The minimum absolute atomic E-state index is 0.127. The molecule has 2 aromatic carbocycles. The molecule has 3 aliphatic heterocycles. The highest BCUT2D eigenvalue weighted by atomic mass is 19.1. The van der Waals surface area contributed by atoms with E-state index in [1.54, 1.807) is 18.2 Å². The molecule has 0 aromatic heterocycles. The third-order valence-electron chi connectivity index (χ3n) is 7.56. The number of hydrogen-bond donors (Lipinski definition) is 1. The topological polar surface area (TPSA) is 80.7 Å². The van der Waals surface area contributed by atoms with Crippen molar-refractivity contribution in [2.24, 2.45) is 5.10 Å². The molecule has 0 unspecified atom stereocenters. The van der Waals surface area contributed by atoms with E-state index < -0.39 is 6.04 Å². The van der Waals surface area contributed by atoms with Crippen LogP contribution in [0, 0.1) is 5.82 Å². The normalized spacial score (nSPS) is 19.8. The number of amides is 2. The van der Waals surface area contributed by atoms with Gasteiger partial charge in [-0.25, -0.2) is 9.82 Å². The Labute approximate surface area is 216 Å². The van der Waals surface area contributed by atoms with Gasteiger partial charge in [-0.3, -0.25) is 9.59 Å². The first-order valence-corrected chi connectivity index (χ1v) is 12.5. The molecule has 0 aliphatic carbocycles. The standard InChI is InChI=1S/C27H33FN6O3/c1-17-26(36)30-29-24-14-37-23-12-19(18-8-6-7-9-20(18)28)21(13-22(23)34(17)24)32(5)27(2)15-33(16-27)25(35)10-11-31(3)4/h6-9,12-13,17H,10-11,14-16H2,1-5H3,(H,30,36)/t17-/m1/s1. The van der Waals surface area contributed by atoms with Crippen molar-refractivity contribution in [3.05, 3.63) is 42.2 Å². The lowest BCUT2D eigenvalue weighted by atomic mass is 9.88. The highest BCUT2D eigenvalue weighted by Gasteiger charge is 2.45. The number of ether oxygens (including phenoxy) is 1. The van der Waals surface area contributed by atoms with E-state index in [2.05, 4.69) is 22.4 Å². The van der Waals surface area contributed by atoms with E-state index in [9.17, 15) is 9.59 Å². The lowest BCUT2D eigenvalue weighted by Gasteiger charge is -2.54. The number of carbonyl (C=O) groups is 2. The number of anilines is 2. The van der Waals surface area contributed by atoms with E-state index in [4.69, 9.17) is 4.74 Å². The molecular formula is C27H33FN6O3. The van der Waals surface area contributed by atoms with Gasteiger partial charge in [0.25, 0.3) is 5.91 Å². The maximum atomic E-state index is 15.0. The summed E-state index contributed by atoms with van der Waals surface area (Å²) >= 11 is 0. The summed E-state index contributed by atoms with van der Waals surface area (Å²) in [6.45, 7) is 5.96. The smallest absolute Gasteiger partial charge is 0.262 e. The third kappa shape index (κ3) is 4.39. The van der Waals surface area contributed by atoms with Gasteiger partial charge < -0.3 is 24.3 Å². The van der Waals surface area contributed by atoms with Crippen molar-refractivity contribution in [1.29, 1.82) is 0 Å². The fourth-order valence-corrected chi connectivity index (χ4v) is 5.17. The Morgan fingerprint density at radius 3 is 2.65 bits per heavy atom. The molecule has 3 aliphatic rings. The number of amidine groups is 1. The van der Waals surface area contributed by atoms with Crippen LogP contribution in [0.2, 0.25) is 0 Å². The number of benzene rings is 2. The van der Waals surface area contributed by atoms with Gasteiger partial charge in [-0.15, -0.1) is 0 Å². The van der Waals surface area contributed by atoms with Gasteiger partial charge in [-0.1, -0.05) is 18.2 Å². The number of nitrogens with zero attached hydrogens (tertiary/aromatic N) is 5. The van der Waals surface area contributed by atoms with E-state index in [1.807, 2.05) is 54.9 Å². The molecule has 1 atom stereocenters. The third-order valence-corrected chi connectivity index (χ3v) is 7.56. The fraction of sp³-hybridized carbons (Fsp3) is 0.444. The van der Waals surface area contributed by atoms with E-state index in [0.29, 0.717) is 54.5 Å². The molecule has 0 saturated carbocycles. The van der Waals surface area contributed by atoms with Crippen LogP contribution in [-0.2, 0) is 9.59 Å². The maximum Gasteiger partial charge on any atom is 0.262 e. The van der Waals surface area contributed by atoms with Crippen LogP contribution in [0.1, 0.15) is 20.3 Å². The van der Waals surface area contributed by atoms with E-state index in [-0.39, 0.29) is 29.8 Å². The summed E-state index contributed by atoms with van der Waals surface area (Å²) in [7, 11) is 5.88. The average Bonchev–Trinajstić information content (AvgIpc) is 2.86. The van der Waals surface area contributed by atoms with Crippen LogP contribution < -0.4 is 20.0 Å². The Morgan fingerprint density at radius 1 is 1.22 bits per heavy atom. The van der Waals surface area contributed by atoms with Gasteiger partial charge in [0.1, 0.15) is 24.2 Å². The predicted octanol–water partition coefficient (Wildman–Crippen LogP) is 2.51. The molecule has 37 heavy (non-hydrogen) atoms. The lowest BCUT2D eigenvalue weighted by molar-refractivity contribution is -0.138. The molecule has 0 bridgehead atoms. The van der Waals surface area contributed by atoms with Crippen LogP contribution in [0.3, 0.4) is 0 Å². The van der Waals surface area contributed by atoms with Crippen molar-refractivity contribution in [2.45, 2.75) is 31.8 Å². The van der Waals surface area contributed by atoms with Crippen LogP contribution >= 0.6 is 0 Å². The number of hydrogen-bond acceptors (Lipinski definition) is 7. The number of rotatable bonds is 6. The molecule has 0 radical (unpaired) electrons. The summed E-state index contributed by atoms with van der Waals surface area (Å²) in [6, 6.07) is 9.98. The molecule has 10 heteroatoms. The van der Waals surface area contributed by atoms with Crippen molar-refractivity contribution >= 4 is 29.0 Å². The minimum atomic E-state index is -0.475. The molecule has 0 spiro atoms. The Bertz CT molecular complexity index is 1270. The number of likely N-dealkylation sites (N-methyl/N-ethyl adjacent to an activating group) is 1. The van der Waals surface area contributed by atoms with Crippen molar-refractivity contribution in [1.82, 2.24) is 15.2 Å².